The lowest BCUT2D eigenvalue weighted by atomic mass is 10.0. The van der Waals surface area contributed by atoms with Crippen molar-refractivity contribution in [2.45, 2.75) is 25.3 Å². The lowest BCUT2D eigenvalue weighted by molar-refractivity contribution is -0.384. The summed E-state index contributed by atoms with van der Waals surface area (Å²) in [5.41, 5.74) is 5.82. The summed E-state index contributed by atoms with van der Waals surface area (Å²) in [6.45, 7) is 0.539. The molecule has 7 heteroatoms. The van der Waals surface area contributed by atoms with Crippen molar-refractivity contribution in [3.8, 4) is 0 Å². The van der Waals surface area contributed by atoms with Crippen molar-refractivity contribution in [1.29, 1.82) is 0 Å². The molecule has 5 nitrogen and oxygen atoms in total. The van der Waals surface area contributed by atoms with Gasteiger partial charge < -0.3 is 10.6 Å². The minimum atomic E-state index is -0.780. The van der Waals surface area contributed by atoms with Gasteiger partial charge in [0.25, 0.3) is 5.69 Å². The third-order valence-corrected chi connectivity index (χ3v) is 4.30. The van der Waals surface area contributed by atoms with Crippen molar-refractivity contribution in [2.24, 2.45) is 11.7 Å². The van der Waals surface area contributed by atoms with E-state index < -0.39 is 10.7 Å². The Morgan fingerprint density at radius 2 is 2.25 bits per heavy atom. The molecule has 0 aromatic heterocycles. The van der Waals surface area contributed by atoms with E-state index in [1.54, 1.807) is 7.05 Å². The maximum Gasteiger partial charge on any atom is 0.295 e. The molecular weight excluding hydrogens is 285 g/mol. The van der Waals surface area contributed by atoms with Crippen LogP contribution in [0.2, 0.25) is 5.02 Å². The first-order chi connectivity index (χ1) is 9.45. The van der Waals surface area contributed by atoms with E-state index in [2.05, 4.69) is 0 Å². The Labute approximate surface area is 121 Å². The summed E-state index contributed by atoms with van der Waals surface area (Å²) in [5.74, 6) is -0.485. The van der Waals surface area contributed by atoms with Gasteiger partial charge in [0, 0.05) is 13.1 Å². The Balaban J connectivity index is 2.40. The van der Waals surface area contributed by atoms with Gasteiger partial charge in [-0.25, -0.2) is 4.39 Å². The number of hydrogen-bond acceptors (Lipinski definition) is 4. The Kier molecular flexibility index (Phi) is 4.45. The summed E-state index contributed by atoms with van der Waals surface area (Å²) in [6.07, 6.45) is 2.97. The number of benzene rings is 1. The van der Waals surface area contributed by atoms with Crippen molar-refractivity contribution in [3.63, 3.8) is 0 Å². The van der Waals surface area contributed by atoms with Gasteiger partial charge in [-0.3, -0.25) is 10.1 Å². The number of nitrogens with zero attached hydrogens (tertiary/aromatic N) is 2. The van der Waals surface area contributed by atoms with Gasteiger partial charge in [0.15, 0.2) is 0 Å². The van der Waals surface area contributed by atoms with E-state index in [4.69, 9.17) is 17.3 Å². The lowest BCUT2D eigenvalue weighted by Gasteiger charge is -2.30. The van der Waals surface area contributed by atoms with E-state index in [1.165, 1.54) is 6.07 Å². The van der Waals surface area contributed by atoms with E-state index in [0.29, 0.717) is 18.2 Å². The van der Waals surface area contributed by atoms with Crippen LogP contribution in [0.3, 0.4) is 0 Å². The molecule has 0 radical (unpaired) electrons. The monoisotopic (exact) mass is 301 g/mol. The molecule has 2 rings (SSSR count). The molecule has 1 aromatic carbocycles. The molecule has 0 aliphatic heterocycles. The highest BCUT2D eigenvalue weighted by molar-refractivity contribution is 6.31. The minimum absolute atomic E-state index is 0.111. The summed E-state index contributed by atoms with van der Waals surface area (Å²) < 4.78 is 13.4. The van der Waals surface area contributed by atoms with Crippen LogP contribution in [0.4, 0.5) is 15.8 Å². The van der Waals surface area contributed by atoms with E-state index in [0.717, 1.165) is 25.3 Å². The first-order valence-electron chi connectivity index (χ1n) is 6.52. The maximum absolute atomic E-state index is 13.4. The topological polar surface area (TPSA) is 72.4 Å². The van der Waals surface area contributed by atoms with E-state index in [-0.39, 0.29) is 16.8 Å². The Morgan fingerprint density at radius 1 is 1.55 bits per heavy atom. The van der Waals surface area contributed by atoms with Crippen LogP contribution in [0.15, 0.2) is 12.1 Å². The standard InChI is InChI=1S/C13H17ClFN3O2/c1-17(11-4-2-3-8(11)7-16)12-5-9(14)10(15)6-13(12)18(19)20/h5-6,8,11H,2-4,7,16H2,1H3. The molecule has 110 valence electrons. The van der Waals surface area contributed by atoms with Crippen LogP contribution in [-0.4, -0.2) is 24.6 Å². The van der Waals surface area contributed by atoms with E-state index in [1.807, 2.05) is 4.90 Å². The average molecular weight is 302 g/mol. The first-order valence-corrected chi connectivity index (χ1v) is 6.89. The molecule has 0 spiro atoms. The molecule has 2 N–H and O–H groups in total. The molecule has 1 aromatic rings. The number of nitro benzene ring substituents is 1. The number of halogens is 2. The van der Waals surface area contributed by atoms with E-state index >= 15 is 0 Å². The number of hydrogen-bond donors (Lipinski definition) is 1. The minimum Gasteiger partial charge on any atom is -0.366 e. The van der Waals surface area contributed by atoms with Crippen LogP contribution >= 0.6 is 11.6 Å². The van der Waals surface area contributed by atoms with Gasteiger partial charge in [-0.15, -0.1) is 0 Å². The normalized spacial score (nSPS) is 22.0. The Hall–Kier alpha value is -1.40. The largest absolute Gasteiger partial charge is 0.366 e. The molecule has 0 amide bonds. The summed E-state index contributed by atoms with van der Waals surface area (Å²) in [6, 6.07) is 2.32. The molecule has 20 heavy (non-hydrogen) atoms. The van der Waals surface area contributed by atoms with Crippen molar-refractivity contribution in [3.05, 3.63) is 33.1 Å². The summed E-state index contributed by atoms with van der Waals surface area (Å²) in [5, 5.41) is 11.0. The third kappa shape index (κ3) is 2.71. The molecule has 1 fully saturated rings. The van der Waals surface area contributed by atoms with Gasteiger partial charge in [0.1, 0.15) is 11.5 Å². The SMILES string of the molecule is CN(c1cc(Cl)c(F)cc1[N+](=O)[O-])C1CCCC1CN. The number of nitro groups is 1. The highest BCUT2D eigenvalue weighted by Crippen LogP contribution is 2.38. The fourth-order valence-electron chi connectivity index (χ4n) is 2.94. The maximum atomic E-state index is 13.4. The third-order valence-electron chi connectivity index (χ3n) is 4.01. The van der Waals surface area contributed by atoms with Crippen molar-refractivity contribution in [2.75, 3.05) is 18.5 Å². The molecule has 1 aliphatic carbocycles. The zero-order valence-corrected chi connectivity index (χ0v) is 11.9. The van der Waals surface area contributed by atoms with Gasteiger partial charge in [-0.1, -0.05) is 18.0 Å². The molecule has 0 bridgehead atoms. The molecule has 1 saturated carbocycles. The van der Waals surface area contributed by atoms with E-state index in [9.17, 15) is 14.5 Å². The molecule has 0 saturated heterocycles. The van der Waals surface area contributed by atoms with Crippen molar-refractivity contribution in [1.82, 2.24) is 0 Å². The summed E-state index contributed by atoms with van der Waals surface area (Å²) >= 11 is 5.76. The van der Waals surface area contributed by atoms with Gasteiger partial charge in [0.05, 0.1) is 16.0 Å². The predicted octanol–water partition coefficient (Wildman–Crippen LogP) is 2.95. The van der Waals surface area contributed by atoms with Crippen LogP contribution < -0.4 is 10.6 Å². The lowest BCUT2D eigenvalue weighted by Crippen LogP contribution is -2.38. The Bertz CT molecular complexity index is 527. The quantitative estimate of drug-likeness (QED) is 0.685. The molecule has 2 atom stereocenters. The van der Waals surface area contributed by atoms with Crippen molar-refractivity contribution < 1.29 is 9.31 Å². The van der Waals surface area contributed by atoms with Crippen molar-refractivity contribution >= 4 is 23.0 Å². The van der Waals surface area contributed by atoms with Crippen LogP contribution in [-0.2, 0) is 0 Å². The second-order valence-electron chi connectivity index (χ2n) is 5.12. The van der Waals surface area contributed by atoms with Crippen LogP contribution in [0.25, 0.3) is 0 Å². The zero-order chi connectivity index (χ0) is 14.9. The summed E-state index contributed by atoms with van der Waals surface area (Å²) in [7, 11) is 1.77. The highest BCUT2D eigenvalue weighted by atomic mass is 35.5. The number of rotatable bonds is 4. The molecular formula is C13H17ClFN3O2. The van der Waals surface area contributed by atoms with Crippen LogP contribution in [0, 0.1) is 21.8 Å². The van der Waals surface area contributed by atoms with Gasteiger partial charge in [-0.2, -0.15) is 0 Å². The van der Waals surface area contributed by atoms with Crippen LogP contribution in [0.5, 0.6) is 0 Å². The fourth-order valence-corrected chi connectivity index (χ4v) is 3.09. The highest BCUT2D eigenvalue weighted by Gasteiger charge is 2.32. The zero-order valence-electron chi connectivity index (χ0n) is 11.2. The average Bonchev–Trinajstić information content (AvgIpc) is 2.88. The predicted molar refractivity (Wildman–Crippen MR) is 76.7 cm³/mol. The van der Waals surface area contributed by atoms with Gasteiger partial charge in [0.2, 0.25) is 0 Å². The van der Waals surface area contributed by atoms with Gasteiger partial charge in [-0.05, 0) is 31.4 Å². The smallest absolute Gasteiger partial charge is 0.295 e. The fraction of sp³-hybridized carbons (Fsp3) is 0.538. The number of anilines is 1. The van der Waals surface area contributed by atoms with Gasteiger partial charge >= 0.3 is 0 Å². The number of nitrogens with two attached hydrogens (primary N) is 1. The second kappa shape index (κ2) is 5.93. The molecule has 1 aliphatic rings. The first kappa shape index (κ1) is 15.0. The van der Waals surface area contributed by atoms with Crippen LogP contribution in [0.1, 0.15) is 19.3 Å². The second-order valence-corrected chi connectivity index (χ2v) is 5.52. The summed E-state index contributed by atoms with van der Waals surface area (Å²) in [4.78, 5) is 12.3. The Morgan fingerprint density at radius 3 is 2.85 bits per heavy atom. The molecule has 2 unspecified atom stereocenters. The molecule has 0 heterocycles.